The first kappa shape index (κ1) is 23.5. The van der Waals surface area contributed by atoms with E-state index in [2.05, 4.69) is 38.8 Å². The van der Waals surface area contributed by atoms with E-state index in [0.717, 1.165) is 10.8 Å². The fraction of sp³-hybridized carbons (Fsp3) is 0.545. The zero-order chi connectivity index (χ0) is 22.0. The van der Waals surface area contributed by atoms with Gasteiger partial charge in [-0.2, -0.15) is 0 Å². The van der Waals surface area contributed by atoms with Crippen LogP contribution in [0.5, 0.6) is 11.6 Å². The zero-order valence-corrected chi connectivity index (χ0v) is 20.4. The van der Waals surface area contributed by atoms with Crippen molar-refractivity contribution in [2.24, 2.45) is 0 Å². The number of esters is 1. The van der Waals surface area contributed by atoms with Crippen molar-refractivity contribution < 1.29 is 18.7 Å². The molecule has 1 aromatic carbocycles. The highest BCUT2D eigenvalue weighted by atomic mass is 35.5. The monoisotopic (exact) mass is 437 g/mol. The van der Waals surface area contributed by atoms with Gasteiger partial charge in [-0.05, 0) is 62.5 Å². The zero-order valence-electron chi connectivity index (χ0n) is 18.7. The number of ether oxygens (including phenoxy) is 2. The number of hydrogen-bond acceptors (Lipinski definition) is 5. The summed E-state index contributed by atoms with van der Waals surface area (Å²) in [5, 5.41) is 2.20. The quantitative estimate of drug-likeness (QED) is 0.298. The number of carbonyl (C=O) groups is 1. The SMILES string of the molecule is CC(C)(C)OC(=O)CCOc1ccc2cc(Cl)nc(O[Si](C)(C)C(C)(C)C)c2c1. The van der Waals surface area contributed by atoms with Gasteiger partial charge in [-0.3, -0.25) is 4.79 Å². The molecule has 1 aromatic heterocycles. The summed E-state index contributed by atoms with van der Waals surface area (Å²) in [6, 6.07) is 7.46. The fourth-order valence-corrected chi connectivity index (χ4v) is 3.51. The van der Waals surface area contributed by atoms with Crippen molar-refractivity contribution in [3.05, 3.63) is 29.4 Å². The summed E-state index contributed by atoms with van der Waals surface area (Å²) in [6.07, 6.45) is 0.182. The van der Waals surface area contributed by atoms with E-state index in [9.17, 15) is 4.79 Å². The minimum absolute atomic E-state index is 0.0326. The Morgan fingerprint density at radius 2 is 1.76 bits per heavy atom. The number of aromatic nitrogens is 1. The Morgan fingerprint density at radius 1 is 1.10 bits per heavy atom. The van der Waals surface area contributed by atoms with Gasteiger partial charge in [0, 0.05) is 5.39 Å². The van der Waals surface area contributed by atoms with Gasteiger partial charge < -0.3 is 13.9 Å². The molecule has 160 valence electrons. The van der Waals surface area contributed by atoms with Gasteiger partial charge in [0.25, 0.3) is 8.32 Å². The normalized spacial score (nSPS) is 12.7. The number of rotatable bonds is 6. The molecule has 0 aliphatic rings. The number of fused-ring (bicyclic) bond motifs is 1. The van der Waals surface area contributed by atoms with Crippen LogP contribution >= 0.6 is 11.6 Å². The molecule has 29 heavy (non-hydrogen) atoms. The molecule has 0 spiro atoms. The largest absolute Gasteiger partial charge is 0.530 e. The Morgan fingerprint density at radius 3 is 2.34 bits per heavy atom. The number of pyridine rings is 1. The van der Waals surface area contributed by atoms with Crippen molar-refractivity contribution in [1.82, 2.24) is 4.98 Å². The second-order valence-electron chi connectivity index (χ2n) is 9.68. The average Bonchev–Trinajstić information content (AvgIpc) is 2.52. The van der Waals surface area contributed by atoms with E-state index in [1.54, 1.807) is 6.07 Å². The fourth-order valence-electron chi connectivity index (χ4n) is 2.37. The molecular weight excluding hydrogens is 406 g/mol. The van der Waals surface area contributed by atoms with Gasteiger partial charge in [0.15, 0.2) is 0 Å². The summed E-state index contributed by atoms with van der Waals surface area (Å²) in [6.45, 7) is 16.6. The highest BCUT2D eigenvalue weighted by Gasteiger charge is 2.39. The van der Waals surface area contributed by atoms with Crippen molar-refractivity contribution in [1.29, 1.82) is 0 Å². The van der Waals surface area contributed by atoms with Crippen LogP contribution in [0.2, 0.25) is 23.3 Å². The minimum Gasteiger partial charge on any atom is -0.530 e. The molecular formula is C22H32ClNO4Si. The Hall–Kier alpha value is -1.79. The van der Waals surface area contributed by atoms with Gasteiger partial charge in [-0.1, -0.05) is 38.4 Å². The summed E-state index contributed by atoms with van der Waals surface area (Å²) in [5.41, 5.74) is -0.499. The molecule has 2 rings (SSSR count). The average molecular weight is 438 g/mol. The van der Waals surface area contributed by atoms with Crippen LogP contribution in [0.15, 0.2) is 24.3 Å². The van der Waals surface area contributed by atoms with Crippen LogP contribution in [0.1, 0.15) is 48.0 Å². The van der Waals surface area contributed by atoms with E-state index in [1.807, 2.05) is 39.0 Å². The first-order chi connectivity index (χ1) is 13.2. The van der Waals surface area contributed by atoms with E-state index in [-0.39, 0.29) is 24.0 Å². The van der Waals surface area contributed by atoms with Crippen LogP contribution in [-0.2, 0) is 9.53 Å². The molecule has 7 heteroatoms. The summed E-state index contributed by atoms with van der Waals surface area (Å²) in [7, 11) is -2.09. The first-order valence-corrected chi connectivity index (χ1v) is 13.1. The van der Waals surface area contributed by atoms with Gasteiger partial charge >= 0.3 is 5.97 Å². The van der Waals surface area contributed by atoms with Gasteiger partial charge in [0.2, 0.25) is 5.88 Å². The third-order valence-corrected chi connectivity index (χ3v) is 9.40. The molecule has 0 saturated carbocycles. The highest BCUT2D eigenvalue weighted by Crippen LogP contribution is 2.39. The lowest BCUT2D eigenvalue weighted by molar-refractivity contribution is -0.155. The predicted molar refractivity (Wildman–Crippen MR) is 121 cm³/mol. The second kappa shape index (κ2) is 8.52. The molecule has 1 heterocycles. The maximum Gasteiger partial charge on any atom is 0.309 e. The Bertz CT molecular complexity index is 885. The lowest BCUT2D eigenvalue weighted by Crippen LogP contribution is -2.44. The number of benzene rings is 1. The van der Waals surface area contributed by atoms with Gasteiger partial charge in [-0.15, -0.1) is 0 Å². The Labute approximate surface area is 179 Å². The topological polar surface area (TPSA) is 57.7 Å². The van der Waals surface area contributed by atoms with Crippen molar-refractivity contribution in [3.63, 3.8) is 0 Å². The van der Waals surface area contributed by atoms with Crippen molar-refractivity contribution >= 4 is 36.7 Å². The van der Waals surface area contributed by atoms with E-state index >= 15 is 0 Å². The summed E-state index contributed by atoms with van der Waals surface area (Å²) < 4.78 is 17.5. The molecule has 0 aliphatic carbocycles. The summed E-state index contributed by atoms with van der Waals surface area (Å²) >= 11 is 6.22. The van der Waals surface area contributed by atoms with Crippen LogP contribution in [0.4, 0.5) is 0 Å². The second-order valence-corrected chi connectivity index (χ2v) is 14.8. The van der Waals surface area contributed by atoms with E-state index in [4.69, 9.17) is 25.5 Å². The molecule has 0 radical (unpaired) electrons. The molecule has 0 saturated heterocycles. The lowest BCUT2D eigenvalue weighted by atomic mass is 10.1. The van der Waals surface area contributed by atoms with Crippen LogP contribution in [0.25, 0.3) is 10.8 Å². The van der Waals surface area contributed by atoms with E-state index in [1.165, 1.54) is 0 Å². The third kappa shape index (κ3) is 6.61. The molecule has 0 aliphatic heterocycles. The lowest BCUT2D eigenvalue weighted by Gasteiger charge is -2.36. The standard InChI is InChI=1S/C22H32ClNO4Si/c1-21(2,3)27-19(25)11-12-26-16-10-9-15-13-18(23)24-20(17(15)14-16)28-29(7,8)22(4,5)6/h9-10,13-14H,11-12H2,1-8H3. The molecule has 0 fully saturated rings. The molecule has 2 aromatic rings. The molecule has 0 bridgehead atoms. The Balaban J connectivity index is 2.21. The highest BCUT2D eigenvalue weighted by molar-refractivity contribution is 6.74. The van der Waals surface area contributed by atoms with Crippen LogP contribution < -0.4 is 9.16 Å². The van der Waals surface area contributed by atoms with Crippen LogP contribution in [-0.4, -0.2) is 31.5 Å². The van der Waals surface area contributed by atoms with Crippen molar-refractivity contribution in [3.8, 4) is 11.6 Å². The smallest absolute Gasteiger partial charge is 0.309 e. The summed E-state index contributed by atoms with van der Waals surface area (Å²) in [4.78, 5) is 16.3. The van der Waals surface area contributed by atoms with E-state index in [0.29, 0.717) is 16.8 Å². The van der Waals surface area contributed by atoms with E-state index < -0.39 is 13.9 Å². The molecule has 5 nitrogen and oxygen atoms in total. The number of carbonyl (C=O) groups excluding carboxylic acids is 1. The van der Waals surface area contributed by atoms with Crippen molar-refractivity contribution in [2.45, 2.75) is 71.7 Å². The minimum atomic E-state index is -2.09. The number of nitrogens with zero attached hydrogens (tertiary/aromatic N) is 1. The molecule has 0 unspecified atom stereocenters. The number of halogens is 1. The van der Waals surface area contributed by atoms with Crippen molar-refractivity contribution in [2.75, 3.05) is 6.61 Å². The Kier molecular flexibility index (Phi) is 6.90. The molecule has 0 atom stereocenters. The predicted octanol–water partition coefficient (Wildman–Crippen LogP) is 6.38. The molecule has 0 N–H and O–H groups in total. The number of hydrogen-bond donors (Lipinski definition) is 0. The van der Waals surface area contributed by atoms with Gasteiger partial charge in [-0.25, -0.2) is 4.98 Å². The van der Waals surface area contributed by atoms with Gasteiger partial charge in [0.1, 0.15) is 16.5 Å². The maximum absolute atomic E-state index is 11.9. The summed E-state index contributed by atoms with van der Waals surface area (Å²) in [5.74, 6) is 0.885. The first-order valence-electron chi connectivity index (χ1n) is 9.82. The third-order valence-electron chi connectivity index (χ3n) is 4.89. The van der Waals surface area contributed by atoms with Crippen LogP contribution in [0.3, 0.4) is 0 Å². The van der Waals surface area contributed by atoms with Gasteiger partial charge in [0.05, 0.1) is 13.0 Å². The van der Waals surface area contributed by atoms with Crippen LogP contribution in [0, 0.1) is 0 Å². The molecule has 0 amide bonds. The maximum atomic E-state index is 11.9.